The molecule has 1 aromatic rings. The summed E-state index contributed by atoms with van der Waals surface area (Å²) in [6.07, 6.45) is 2.62. The van der Waals surface area contributed by atoms with Gasteiger partial charge in [-0.2, -0.15) is 0 Å². The van der Waals surface area contributed by atoms with Crippen LogP contribution in [0.1, 0.15) is 51.5 Å². The van der Waals surface area contributed by atoms with Crippen LogP contribution < -0.4 is 15.5 Å². The lowest BCUT2D eigenvalue weighted by Crippen LogP contribution is -2.53. The van der Waals surface area contributed by atoms with E-state index in [2.05, 4.69) is 43.5 Å². The van der Waals surface area contributed by atoms with Gasteiger partial charge in [-0.1, -0.05) is 26.0 Å². The quantitative estimate of drug-likeness (QED) is 0.791. The van der Waals surface area contributed by atoms with Crippen molar-refractivity contribution >= 4 is 29.9 Å². The molecule has 2 fully saturated rings. The van der Waals surface area contributed by atoms with Gasteiger partial charge in [0.25, 0.3) is 0 Å². The Hall–Kier alpha value is -1.59. The summed E-state index contributed by atoms with van der Waals surface area (Å²) in [5.74, 6) is -0.287. The molecule has 3 atom stereocenters. The summed E-state index contributed by atoms with van der Waals surface area (Å²) in [5.41, 5.74) is 2.14. The van der Waals surface area contributed by atoms with Crippen molar-refractivity contribution in [2.24, 2.45) is 5.92 Å². The zero-order chi connectivity index (χ0) is 18.0. The number of carbonyl (C=O) groups excluding carboxylic acids is 2. The van der Waals surface area contributed by atoms with Gasteiger partial charge in [0.2, 0.25) is 11.8 Å². The number of benzene rings is 1. The summed E-state index contributed by atoms with van der Waals surface area (Å²) < 4.78 is 0. The fourth-order valence-corrected chi connectivity index (χ4v) is 3.74. The summed E-state index contributed by atoms with van der Waals surface area (Å²) in [5, 5.41) is 6.47. The molecule has 0 saturated carbocycles. The minimum Gasteiger partial charge on any atom is -0.351 e. The first kappa shape index (κ1) is 20.7. The van der Waals surface area contributed by atoms with E-state index in [1.54, 1.807) is 4.90 Å². The van der Waals surface area contributed by atoms with Crippen LogP contribution in [0, 0.1) is 5.92 Å². The predicted octanol–water partition coefficient (Wildman–Crippen LogP) is 2.84. The van der Waals surface area contributed by atoms with Gasteiger partial charge < -0.3 is 15.5 Å². The third kappa shape index (κ3) is 4.38. The third-order valence-corrected chi connectivity index (χ3v) is 5.48. The number of halogens is 1. The van der Waals surface area contributed by atoms with E-state index in [4.69, 9.17) is 0 Å². The molecule has 2 aliphatic heterocycles. The molecule has 3 rings (SSSR count). The summed E-state index contributed by atoms with van der Waals surface area (Å²) in [6, 6.07) is 8.48. The molecule has 0 spiro atoms. The molecule has 0 radical (unpaired) electrons. The zero-order valence-corrected chi connectivity index (χ0v) is 16.6. The van der Waals surface area contributed by atoms with Gasteiger partial charge in [0.1, 0.15) is 5.92 Å². The highest BCUT2D eigenvalue weighted by molar-refractivity contribution is 6.09. The number of hydrogen-bond acceptors (Lipinski definition) is 3. The number of carbonyl (C=O) groups is 2. The molecule has 0 bridgehead atoms. The first-order valence-electron chi connectivity index (χ1n) is 9.42. The maximum absolute atomic E-state index is 12.7. The van der Waals surface area contributed by atoms with Crippen LogP contribution in [0.4, 0.5) is 5.69 Å². The fourth-order valence-electron chi connectivity index (χ4n) is 3.74. The van der Waals surface area contributed by atoms with Gasteiger partial charge in [0.05, 0.1) is 0 Å². The molecule has 2 amide bonds. The van der Waals surface area contributed by atoms with Crippen molar-refractivity contribution in [1.29, 1.82) is 0 Å². The van der Waals surface area contributed by atoms with E-state index in [0.717, 1.165) is 25.1 Å². The monoisotopic (exact) mass is 379 g/mol. The minimum atomic E-state index is -0.557. The Morgan fingerprint density at radius 1 is 1.23 bits per heavy atom. The molecule has 0 aromatic heterocycles. The van der Waals surface area contributed by atoms with Crippen molar-refractivity contribution in [3.05, 3.63) is 29.8 Å². The summed E-state index contributed by atoms with van der Waals surface area (Å²) >= 11 is 0. The van der Waals surface area contributed by atoms with Crippen LogP contribution >= 0.6 is 12.4 Å². The maximum Gasteiger partial charge on any atom is 0.239 e. The van der Waals surface area contributed by atoms with Crippen molar-refractivity contribution in [3.8, 4) is 0 Å². The average Bonchev–Trinajstić information content (AvgIpc) is 2.98. The van der Waals surface area contributed by atoms with Crippen molar-refractivity contribution in [2.45, 2.75) is 58.0 Å². The highest BCUT2D eigenvalue weighted by Gasteiger charge is 2.38. The number of anilines is 1. The number of hydrogen-bond donors (Lipinski definition) is 2. The normalized spacial score (nSPS) is 25.9. The maximum atomic E-state index is 12.7. The lowest BCUT2D eigenvalue weighted by molar-refractivity contribution is -0.132. The van der Waals surface area contributed by atoms with Crippen molar-refractivity contribution in [1.82, 2.24) is 10.6 Å². The summed E-state index contributed by atoms with van der Waals surface area (Å²) in [7, 11) is 0. The number of rotatable bonds is 4. The average molecular weight is 380 g/mol. The standard InChI is InChI=1S/C20H29N3O2.ClH/c1-13(2)15-6-8-16(9-7-15)23-12-10-17(20(23)25)19(24)22-18-5-4-11-21-14(18)3;/h6-9,13-14,17-18,21H,4-5,10-12H2,1-3H3,(H,22,24);1H. The predicted molar refractivity (Wildman–Crippen MR) is 107 cm³/mol. The van der Waals surface area contributed by atoms with Crippen LogP contribution in [0.25, 0.3) is 0 Å². The Labute approximate surface area is 162 Å². The molecular formula is C20H30ClN3O2. The van der Waals surface area contributed by atoms with Gasteiger partial charge in [-0.15, -0.1) is 12.4 Å². The molecule has 5 nitrogen and oxygen atoms in total. The van der Waals surface area contributed by atoms with Crippen LogP contribution in [0.15, 0.2) is 24.3 Å². The second kappa shape index (κ2) is 8.87. The highest BCUT2D eigenvalue weighted by atomic mass is 35.5. The smallest absolute Gasteiger partial charge is 0.239 e. The zero-order valence-electron chi connectivity index (χ0n) is 15.8. The van der Waals surface area contributed by atoms with Crippen LogP contribution in [0.3, 0.4) is 0 Å². The molecule has 26 heavy (non-hydrogen) atoms. The molecule has 2 saturated heterocycles. The summed E-state index contributed by atoms with van der Waals surface area (Å²) in [6.45, 7) is 7.99. The third-order valence-electron chi connectivity index (χ3n) is 5.48. The Kier molecular flexibility index (Phi) is 7.07. The molecule has 144 valence electrons. The lowest BCUT2D eigenvalue weighted by Gasteiger charge is -2.31. The highest BCUT2D eigenvalue weighted by Crippen LogP contribution is 2.27. The Bertz CT molecular complexity index is 632. The van der Waals surface area contributed by atoms with Gasteiger partial charge in [0, 0.05) is 24.3 Å². The number of piperidine rings is 1. The number of amides is 2. The number of nitrogens with zero attached hydrogens (tertiary/aromatic N) is 1. The number of nitrogens with one attached hydrogen (secondary N) is 2. The van der Waals surface area contributed by atoms with E-state index in [1.165, 1.54) is 5.56 Å². The Morgan fingerprint density at radius 2 is 1.92 bits per heavy atom. The summed E-state index contributed by atoms with van der Waals surface area (Å²) in [4.78, 5) is 27.1. The second-order valence-corrected chi connectivity index (χ2v) is 7.58. The van der Waals surface area contributed by atoms with Crippen molar-refractivity contribution < 1.29 is 9.59 Å². The van der Waals surface area contributed by atoms with Gasteiger partial charge in [-0.3, -0.25) is 9.59 Å². The molecule has 2 N–H and O–H groups in total. The molecule has 1 aromatic carbocycles. The Balaban J connectivity index is 0.00000243. The van der Waals surface area contributed by atoms with Gasteiger partial charge in [0.15, 0.2) is 0 Å². The van der Waals surface area contributed by atoms with E-state index in [1.807, 2.05) is 12.1 Å². The van der Waals surface area contributed by atoms with Crippen LogP contribution in [-0.4, -0.2) is 37.0 Å². The van der Waals surface area contributed by atoms with E-state index >= 15 is 0 Å². The topological polar surface area (TPSA) is 61.4 Å². The molecule has 0 aliphatic carbocycles. The molecule has 6 heteroatoms. The fraction of sp³-hybridized carbons (Fsp3) is 0.600. The molecule has 2 aliphatic rings. The molecular weight excluding hydrogens is 350 g/mol. The molecule has 3 unspecified atom stereocenters. The van der Waals surface area contributed by atoms with E-state index in [-0.39, 0.29) is 36.3 Å². The Morgan fingerprint density at radius 3 is 2.54 bits per heavy atom. The van der Waals surface area contributed by atoms with E-state index < -0.39 is 5.92 Å². The van der Waals surface area contributed by atoms with Gasteiger partial charge >= 0.3 is 0 Å². The van der Waals surface area contributed by atoms with Crippen LogP contribution in [0.2, 0.25) is 0 Å². The van der Waals surface area contributed by atoms with Gasteiger partial charge in [-0.05, 0) is 56.3 Å². The SMILES string of the molecule is CC(C)c1ccc(N2CCC(C(=O)NC3CCCNC3C)C2=O)cc1.Cl. The lowest BCUT2D eigenvalue weighted by atomic mass is 9.98. The van der Waals surface area contributed by atoms with E-state index in [9.17, 15) is 9.59 Å². The second-order valence-electron chi connectivity index (χ2n) is 7.58. The van der Waals surface area contributed by atoms with E-state index in [0.29, 0.717) is 18.9 Å². The first-order valence-corrected chi connectivity index (χ1v) is 9.42. The largest absolute Gasteiger partial charge is 0.351 e. The molecule has 2 heterocycles. The first-order chi connectivity index (χ1) is 12.0. The minimum absolute atomic E-state index is 0. The van der Waals surface area contributed by atoms with Crippen LogP contribution in [0.5, 0.6) is 0 Å². The van der Waals surface area contributed by atoms with Crippen molar-refractivity contribution in [2.75, 3.05) is 18.0 Å². The van der Waals surface area contributed by atoms with Crippen LogP contribution in [-0.2, 0) is 9.59 Å². The van der Waals surface area contributed by atoms with Gasteiger partial charge in [-0.25, -0.2) is 0 Å². The van der Waals surface area contributed by atoms with Crippen molar-refractivity contribution in [3.63, 3.8) is 0 Å².